The Hall–Kier alpha value is -4.44. The first-order valence-electron chi connectivity index (χ1n) is 10.8. The molecule has 1 fully saturated rings. The Kier molecular flexibility index (Phi) is 6.27. The number of anilines is 2. The number of carbonyl (C=O) groups excluding carboxylic acids is 2. The van der Waals surface area contributed by atoms with Gasteiger partial charge < -0.3 is 20.0 Å². The second-order valence-electron chi connectivity index (χ2n) is 7.72. The molecule has 5 rings (SSSR count). The largest absolute Gasteiger partial charge is 0.465 e. The molecule has 2 aromatic heterocycles. The molecule has 4 aromatic rings. The summed E-state index contributed by atoms with van der Waals surface area (Å²) in [5.41, 5.74) is 2.09. The molecular formula is C24H20ClN7O3. The number of nitrogens with one attached hydrogen (secondary N) is 2. The molecule has 176 valence electrons. The maximum absolute atomic E-state index is 13.4. The number of hydrogen-bond acceptors (Lipinski definition) is 7. The first-order chi connectivity index (χ1) is 17.1. The van der Waals surface area contributed by atoms with Crippen LogP contribution in [0.25, 0.3) is 23.2 Å². The average molecular weight is 490 g/mol. The molecule has 1 saturated heterocycles. The summed E-state index contributed by atoms with van der Waals surface area (Å²) in [6.45, 7) is 1.42. The van der Waals surface area contributed by atoms with Gasteiger partial charge in [-0.1, -0.05) is 41.9 Å². The van der Waals surface area contributed by atoms with Crippen molar-refractivity contribution < 1.29 is 14.0 Å². The predicted octanol–water partition coefficient (Wildman–Crippen LogP) is 3.16. The summed E-state index contributed by atoms with van der Waals surface area (Å²) >= 11 is 6.50. The highest BCUT2D eigenvalue weighted by molar-refractivity contribution is 6.34. The fraction of sp³-hybridized carbons (Fsp3) is 0.125. The number of tetrazole rings is 1. The fourth-order valence-electron chi connectivity index (χ4n) is 3.73. The average Bonchev–Trinajstić information content (AvgIpc) is 3.55. The summed E-state index contributed by atoms with van der Waals surface area (Å²) in [5, 5.41) is 18.0. The molecule has 0 radical (unpaired) electrons. The zero-order chi connectivity index (χ0) is 24.2. The molecule has 2 aromatic carbocycles. The zero-order valence-corrected chi connectivity index (χ0v) is 19.1. The van der Waals surface area contributed by atoms with Crippen LogP contribution < -0.4 is 15.5 Å². The summed E-state index contributed by atoms with van der Waals surface area (Å²) in [6.07, 6.45) is 3.07. The van der Waals surface area contributed by atoms with E-state index in [0.717, 1.165) is 11.3 Å². The first-order valence-corrected chi connectivity index (χ1v) is 11.2. The smallest absolute Gasteiger partial charge is 0.274 e. The van der Waals surface area contributed by atoms with E-state index >= 15 is 0 Å². The third-order valence-electron chi connectivity index (χ3n) is 5.37. The van der Waals surface area contributed by atoms with Crippen LogP contribution >= 0.6 is 11.6 Å². The Morgan fingerprint density at radius 1 is 1.14 bits per heavy atom. The van der Waals surface area contributed by atoms with Crippen LogP contribution in [0.3, 0.4) is 0 Å². The molecule has 35 heavy (non-hydrogen) atoms. The van der Waals surface area contributed by atoms with Gasteiger partial charge in [0.05, 0.1) is 23.5 Å². The van der Waals surface area contributed by atoms with Crippen LogP contribution in [0.4, 0.5) is 11.4 Å². The molecule has 2 N–H and O–H groups in total. The minimum Gasteiger partial charge on any atom is -0.465 e. The first kappa shape index (κ1) is 22.4. The summed E-state index contributed by atoms with van der Waals surface area (Å²) < 4.78 is 6.78. The van der Waals surface area contributed by atoms with E-state index in [1.807, 2.05) is 35.2 Å². The number of carbonyl (C=O) groups is 2. The number of piperazine rings is 1. The number of aromatic nitrogens is 4. The molecule has 10 nitrogen and oxygen atoms in total. The van der Waals surface area contributed by atoms with Crippen molar-refractivity contribution in [1.29, 1.82) is 0 Å². The van der Waals surface area contributed by atoms with Gasteiger partial charge in [0, 0.05) is 30.4 Å². The molecule has 0 atom stereocenters. The quantitative estimate of drug-likeness (QED) is 0.399. The van der Waals surface area contributed by atoms with Gasteiger partial charge in [0.25, 0.3) is 5.91 Å². The van der Waals surface area contributed by atoms with Gasteiger partial charge in [-0.05, 0) is 40.8 Å². The predicted molar refractivity (Wildman–Crippen MR) is 131 cm³/mol. The Bertz CT molecular complexity index is 1380. The van der Waals surface area contributed by atoms with Gasteiger partial charge in [-0.2, -0.15) is 4.68 Å². The highest BCUT2D eigenvalue weighted by Gasteiger charge is 2.22. The van der Waals surface area contributed by atoms with Crippen LogP contribution in [0.1, 0.15) is 5.76 Å². The van der Waals surface area contributed by atoms with Gasteiger partial charge in [0.1, 0.15) is 11.5 Å². The van der Waals surface area contributed by atoms with Crippen LogP contribution in [0, 0.1) is 0 Å². The van der Waals surface area contributed by atoms with E-state index in [1.165, 1.54) is 10.9 Å². The number of halogens is 1. The van der Waals surface area contributed by atoms with Crippen molar-refractivity contribution in [2.75, 3.05) is 29.9 Å². The number of benzene rings is 2. The number of amides is 2. The lowest BCUT2D eigenvalue weighted by molar-refractivity contribution is -0.120. The van der Waals surface area contributed by atoms with Crippen LogP contribution in [-0.4, -0.2) is 51.7 Å². The number of nitrogens with zero attached hydrogens (tertiary/aromatic N) is 5. The zero-order valence-electron chi connectivity index (χ0n) is 18.4. The second-order valence-corrected chi connectivity index (χ2v) is 8.12. The Balaban J connectivity index is 1.45. The van der Waals surface area contributed by atoms with Crippen molar-refractivity contribution in [2.24, 2.45) is 0 Å². The van der Waals surface area contributed by atoms with Crippen LogP contribution in [0.15, 0.2) is 71.3 Å². The third kappa shape index (κ3) is 4.92. The topological polar surface area (TPSA) is 118 Å². The van der Waals surface area contributed by atoms with Crippen molar-refractivity contribution >= 4 is 46.6 Å². The van der Waals surface area contributed by atoms with Crippen molar-refractivity contribution in [3.8, 4) is 11.4 Å². The van der Waals surface area contributed by atoms with Gasteiger partial charge in [0.15, 0.2) is 5.82 Å². The van der Waals surface area contributed by atoms with E-state index in [-0.39, 0.29) is 18.1 Å². The minimum atomic E-state index is -0.466. The van der Waals surface area contributed by atoms with Crippen molar-refractivity contribution in [3.05, 3.63) is 77.7 Å². The highest BCUT2D eigenvalue weighted by Crippen LogP contribution is 2.30. The molecule has 0 saturated carbocycles. The van der Waals surface area contributed by atoms with Crippen LogP contribution in [0.2, 0.25) is 5.02 Å². The molecule has 0 aliphatic carbocycles. The van der Waals surface area contributed by atoms with Crippen LogP contribution in [0.5, 0.6) is 0 Å². The summed E-state index contributed by atoms with van der Waals surface area (Å²) in [6, 6.07) is 17.9. The number of furan rings is 1. The van der Waals surface area contributed by atoms with E-state index in [0.29, 0.717) is 35.4 Å². The molecule has 0 spiro atoms. The SMILES string of the molecule is O=C1CN(c2ccc(NC(=O)/C(=C/c3ccco3)n3nnnc3-c3ccccc3)cc2Cl)CCN1. The van der Waals surface area contributed by atoms with Gasteiger partial charge in [-0.15, -0.1) is 5.10 Å². The van der Waals surface area contributed by atoms with E-state index in [9.17, 15) is 9.59 Å². The lowest BCUT2D eigenvalue weighted by Crippen LogP contribution is -2.47. The molecule has 1 aliphatic heterocycles. The third-order valence-corrected chi connectivity index (χ3v) is 5.67. The molecular weight excluding hydrogens is 470 g/mol. The van der Waals surface area contributed by atoms with Crippen molar-refractivity contribution in [2.45, 2.75) is 0 Å². The summed E-state index contributed by atoms with van der Waals surface area (Å²) in [7, 11) is 0. The van der Waals surface area contributed by atoms with E-state index in [1.54, 1.807) is 36.4 Å². The second kappa shape index (κ2) is 9.82. The van der Waals surface area contributed by atoms with Crippen molar-refractivity contribution in [1.82, 2.24) is 25.5 Å². The molecule has 1 aliphatic rings. The standard InChI is InChI=1S/C24H20ClN7O3/c25-19-13-17(8-9-20(19)31-11-10-26-22(33)15-31)27-24(34)21(14-18-7-4-12-35-18)32-23(28-29-30-32)16-5-2-1-3-6-16/h1-9,12-14H,10-11,15H2,(H,26,33)(H,27,34)/b21-14-. The van der Waals surface area contributed by atoms with Gasteiger partial charge in [-0.3, -0.25) is 9.59 Å². The maximum atomic E-state index is 13.4. The Labute approximate surface area is 205 Å². The van der Waals surface area contributed by atoms with E-state index in [4.69, 9.17) is 16.0 Å². The van der Waals surface area contributed by atoms with Crippen LogP contribution in [-0.2, 0) is 9.59 Å². The molecule has 0 bridgehead atoms. The van der Waals surface area contributed by atoms with Gasteiger partial charge in [0.2, 0.25) is 5.91 Å². The summed E-state index contributed by atoms with van der Waals surface area (Å²) in [4.78, 5) is 27.0. The van der Waals surface area contributed by atoms with Crippen molar-refractivity contribution in [3.63, 3.8) is 0 Å². The fourth-order valence-corrected chi connectivity index (χ4v) is 4.03. The monoisotopic (exact) mass is 489 g/mol. The van der Waals surface area contributed by atoms with Gasteiger partial charge >= 0.3 is 0 Å². The highest BCUT2D eigenvalue weighted by atomic mass is 35.5. The Morgan fingerprint density at radius 3 is 2.74 bits per heavy atom. The molecule has 3 heterocycles. The Morgan fingerprint density at radius 2 is 2.00 bits per heavy atom. The summed E-state index contributed by atoms with van der Waals surface area (Å²) in [5.74, 6) is 0.330. The number of hydrogen-bond donors (Lipinski definition) is 2. The minimum absolute atomic E-state index is 0.0620. The molecule has 0 unspecified atom stereocenters. The van der Waals surface area contributed by atoms with Gasteiger partial charge in [-0.25, -0.2) is 0 Å². The lowest BCUT2D eigenvalue weighted by Gasteiger charge is -2.29. The van der Waals surface area contributed by atoms with E-state index in [2.05, 4.69) is 26.2 Å². The van der Waals surface area contributed by atoms with E-state index < -0.39 is 5.91 Å². The molecule has 2 amide bonds. The molecule has 11 heteroatoms. The number of rotatable bonds is 6. The lowest BCUT2D eigenvalue weighted by atomic mass is 10.2. The normalized spacial score (nSPS) is 14.0. The maximum Gasteiger partial charge on any atom is 0.274 e.